The fourth-order valence-corrected chi connectivity index (χ4v) is 1.43. The molecule has 0 saturated heterocycles. The minimum Gasteiger partial charge on any atom is -0.381 e. The van der Waals surface area contributed by atoms with Crippen molar-refractivity contribution in [3.8, 4) is 0 Å². The van der Waals surface area contributed by atoms with E-state index < -0.39 is 18.1 Å². The van der Waals surface area contributed by atoms with Crippen LogP contribution in [0.3, 0.4) is 0 Å². The third-order valence-corrected chi connectivity index (χ3v) is 2.68. The van der Waals surface area contributed by atoms with Crippen molar-refractivity contribution in [3.05, 3.63) is 35.0 Å². The largest absolute Gasteiger partial charge is 0.381 e. The number of pyridine rings is 1. The van der Waals surface area contributed by atoms with Gasteiger partial charge < -0.3 is 10.0 Å². The van der Waals surface area contributed by atoms with Crippen LogP contribution in [0, 0.1) is 4.91 Å². The van der Waals surface area contributed by atoms with Crippen molar-refractivity contribution >= 4 is 5.91 Å². The van der Waals surface area contributed by atoms with E-state index in [9.17, 15) is 14.8 Å². The predicted molar refractivity (Wildman–Crippen MR) is 66.8 cm³/mol. The molecule has 0 aliphatic rings. The number of likely N-dealkylation sites (N-methyl/N-ethyl adjacent to an activating group) is 1. The van der Waals surface area contributed by atoms with Crippen molar-refractivity contribution < 1.29 is 9.90 Å². The Kier molecular flexibility index (Phi) is 5.38. The third-order valence-electron chi connectivity index (χ3n) is 2.68. The topological polar surface area (TPSA) is 82.9 Å². The van der Waals surface area contributed by atoms with Crippen LogP contribution in [0.5, 0.6) is 0 Å². The summed E-state index contributed by atoms with van der Waals surface area (Å²) in [5, 5.41) is 12.2. The molecule has 0 aliphatic heterocycles. The summed E-state index contributed by atoms with van der Waals surface area (Å²) >= 11 is 0. The maximum Gasteiger partial charge on any atom is 0.253 e. The molecule has 0 saturated carbocycles. The van der Waals surface area contributed by atoms with Crippen LogP contribution in [0.25, 0.3) is 0 Å². The fraction of sp³-hybridized carbons (Fsp3) is 0.500. The zero-order chi connectivity index (χ0) is 13.5. The van der Waals surface area contributed by atoms with Gasteiger partial charge in [0.2, 0.25) is 0 Å². The van der Waals surface area contributed by atoms with Crippen LogP contribution in [-0.2, 0) is 11.2 Å². The lowest BCUT2D eigenvalue weighted by molar-refractivity contribution is -0.139. The van der Waals surface area contributed by atoms with Gasteiger partial charge in [-0.2, -0.15) is 4.91 Å². The van der Waals surface area contributed by atoms with Gasteiger partial charge in [0.25, 0.3) is 5.91 Å². The van der Waals surface area contributed by atoms with E-state index in [4.69, 9.17) is 0 Å². The summed E-state index contributed by atoms with van der Waals surface area (Å²) in [4.78, 5) is 27.5. The number of nitrogens with zero attached hydrogens (tertiary/aromatic N) is 3. The first-order valence-corrected chi connectivity index (χ1v) is 5.71. The molecule has 0 aromatic carbocycles. The van der Waals surface area contributed by atoms with Gasteiger partial charge in [-0.3, -0.25) is 9.78 Å². The average molecular weight is 251 g/mol. The maximum atomic E-state index is 11.7. The van der Waals surface area contributed by atoms with Gasteiger partial charge in [0.1, 0.15) is 6.04 Å². The first-order valence-electron chi connectivity index (χ1n) is 5.71. The second-order valence-electron chi connectivity index (χ2n) is 4.12. The Bertz CT molecular complexity index is 397. The highest BCUT2D eigenvalue weighted by atomic mass is 16.3. The highest BCUT2D eigenvalue weighted by Crippen LogP contribution is 2.03. The molecule has 18 heavy (non-hydrogen) atoms. The molecular formula is C12H17N3O3. The van der Waals surface area contributed by atoms with E-state index in [1.165, 1.54) is 11.8 Å². The van der Waals surface area contributed by atoms with Gasteiger partial charge in [0.05, 0.1) is 0 Å². The number of rotatable bonds is 6. The highest BCUT2D eigenvalue weighted by molar-refractivity contribution is 5.81. The zero-order valence-corrected chi connectivity index (χ0v) is 10.5. The summed E-state index contributed by atoms with van der Waals surface area (Å²) in [6, 6.07) is 4.62. The van der Waals surface area contributed by atoms with E-state index in [2.05, 4.69) is 10.2 Å². The van der Waals surface area contributed by atoms with E-state index in [-0.39, 0.29) is 0 Å². The molecule has 1 heterocycles. The summed E-state index contributed by atoms with van der Waals surface area (Å²) < 4.78 is 0. The van der Waals surface area contributed by atoms with Crippen molar-refractivity contribution in [2.24, 2.45) is 5.18 Å². The number of aliphatic hydroxyl groups excluding tert-OH is 1. The van der Waals surface area contributed by atoms with Gasteiger partial charge >= 0.3 is 0 Å². The zero-order valence-electron chi connectivity index (χ0n) is 10.5. The number of carbonyl (C=O) groups excluding carboxylic acids is 1. The first-order chi connectivity index (χ1) is 8.56. The van der Waals surface area contributed by atoms with E-state index in [1.54, 1.807) is 13.2 Å². The number of hydrogen-bond acceptors (Lipinski definition) is 5. The molecule has 6 heteroatoms. The summed E-state index contributed by atoms with van der Waals surface area (Å²) in [6.07, 6.45) is 0.902. The van der Waals surface area contributed by atoms with Crippen LogP contribution < -0.4 is 0 Å². The van der Waals surface area contributed by atoms with Gasteiger partial charge in [0, 0.05) is 31.9 Å². The lowest BCUT2D eigenvalue weighted by atomic mass is 10.1. The Balaban J connectivity index is 2.48. The van der Waals surface area contributed by atoms with Gasteiger partial charge in [-0.15, -0.1) is 0 Å². The first kappa shape index (κ1) is 14.2. The van der Waals surface area contributed by atoms with Gasteiger partial charge in [-0.1, -0.05) is 11.2 Å². The molecule has 0 radical (unpaired) electrons. The normalized spacial score (nSPS) is 13.7. The van der Waals surface area contributed by atoms with E-state index in [0.717, 1.165) is 5.69 Å². The molecule has 1 aromatic rings. The Morgan fingerprint density at radius 3 is 2.83 bits per heavy atom. The van der Waals surface area contributed by atoms with Crippen LogP contribution in [0.15, 0.2) is 29.6 Å². The minimum atomic E-state index is -1.38. The molecule has 6 nitrogen and oxygen atoms in total. The smallest absolute Gasteiger partial charge is 0.253 e. The molecule has 0 bridgehead atoms. The van der Waals surface area contributed by atoms with Crippen molar-refractivity contribution in [1.29, 1.82) is 0 Å². The van der Waals surface area contributed by atoms with Crippen LogP contribution >= 0.6 is 0 Å². The number of aliphatic hydroxyl groups is 1. The molecule has 0 aliphatic carbocycles. The monoisotopic (exact) mass is 251 g/mol. The summed E-state index contributed by atoms with van der Waals surface area (Å²) in [6.45, 7) is 1.83. The Morgan fingerprint density at radius 2 is 2.28 bits per heavy atom. The Labute approximate surface area is 106 Å². The van der Waals surface area contributed by atoms with Gasteiger partial charge in [-0.25, -0.2) is 0 Å². The molecule has 98 valence electrons. The molecule has 0 spiro atoms. The van der Waals surface area contributed by atoms with Gasteiger partial charge in [0.15, 0.2) is 6.10 Å². The number of carbonyl (C=O) groups is 1. The van der Waals surface area contributed by atoms with Crippen LogP contribution in [0.1, 0.15) is 12.6 Å². The van der Waals surface area contributed by atoms with Crippen molar-refractivity contribution in [3.63, 3.8) is 0 Å². The summed E-state index contributed by atoms with van der Waals surface area (Å²) in [5.74, 6) is -0.502. The Hall–Kier alpha value is -1.82. The van der Waals surface area contributed by atoms with Crippen molar-refractivity contribution in [2.75, 3.05) is 13.6 Å². The molecule has 0 fully saturated rings. The lowest BCUT2D eigenvalue weighted by Crippen LogP contribution is -2.42. The van der Waals surface area contributed by atoms with Crippen molar-refractivity contribution in [1.82, 2.24) is 9.88 Å². The fourth-order valence-electron chi connectivity index (χ4n) is 1.43. The maximum absolute atomic E-state index is 11.7. The molecule has 0 unspecified atom stereocenters. The highest BCUT2D eigenvalue weighted by Gasteiger charge is 2.25. The Morgan fingerprint density at radius 1 is 1.56 bits per heavy atom. The number of nitroso groups, excluding NO2 is 1. The van der Waals surface area contributed by atoms with Gasteiger partial charge in [-0.05, 0) is 19.1 Å². The van der Waals surface area contributed by atoms with Crippen LogP contribution in [0.4, 0.5) is 0 Å². The van der Waals surface area contributed by atoms with Crippen LogP contribution in [0.2, 0.25) is 0 Å². The summed E-state index contributed by atoms with van der Waals surface area (Å²) in [5.41, 5.74) is 0.869. The summed E-state index contributed by atoms with van der Waals surface area (Å²) in [7, 11) is 1.58. The van der Waals surface area contributed by atoms with E-state index in [0.29, 0.717) is 13.0 Å². The predicted octanol–water partition coefficient (Wildman–Crippen LogP) is 0.598. The van der Waals surface area contributed by atoms with Crippen LogP contribution in [-0.4, -0.2) is 46.6 Å². The van der Waals surface area contributed by atoms with E-state index in [1.807, 2.05) is 18.2 Å². The molecule has 1 rings (SSSR count). The molecule has 2 atom stereocenters. The molecule has 1 aromatic heterocycles. The SMILES string of the molecule is C[C@H](N=O)[C@@H](O)C(=O)N(C)CCc1ccccn1. The molecule has 1 amide bonds. The number of aromatic nitrogens is 1. The number of amides is 1. The van der Waals surface area contributed by atoms with Crippen molar-refractivity contribution in [2.45, 2.75) is 25.5 Å². The average Bonchev–Trinajstić information content (AvgIpc) is 2.43. The van der Waals surface area contributed by atoms with E-state index >= 15 is 0 Å². The lowest BCUT2D eigenvalue weighted by Gasteiger charge is -2.21. The quantitative estimate of drug-likeness (QED) is 0.750. The second kappa shape index (κ2) is 6.80. The molecule has 1 N–H and O–H groups in total. The third kappa shape index (κ3) is 3.89. The number of hydrogen-bond donors (Lipinski definition) is 1. The standard InChI is InChI=1S/C12H17N3O3/c1-9(14-18)11(16)12(17)15(2)8-6-10-5-3-4-7-13-10/h3-5,7,9,11,16H,6,8H2,1-2H3/t9-,11+/m0/s1. The minimum absolute atomic E-state index is 0.429. The second-order valence-corrected chi connectivity index (χ2v) is 4.12. The molecular weight excluding hydrogens is 234 g/mol.